The van der Waals surface area contributed by atoms with Gasteiger partial charge in [0.05, 0.1) is 12.7 Å². The molecule has 6 nitrogen and oxygen atoms in total. The summed E-state index contributed by atoms with van der Waals surface area (Å²) in [7, 11) is 1.80. The molecule has 0 amide bonds. The summed E-state index contributed by atoms with van der Waals surface area (Å²) in [6.07, 6.45) is 1.63. The molecule has 2 aromatic rings. The van der Waals surface area contributed by atoms with Gasteiger partial charge in [0.2, 0.25) is 0 Å². The molecule has 0 aliphatic heterocycles. The van der Waals surface area contributed by atoms with Crippen molar-refractivity contribution < 1.29 is 0 Å². The molecule has 17 heavy (non-hydrogen) atoms. The van der Waals surface area contributed by atoms with E-state index in [2.05, 4.69) is 10.1 Å². The van der Waals surface area contributed by atoms with Crippen LogP contribution in [0.25, 0.3) is 0 Å². The Morgan fingerprint density at radius 1 is 1.47 bits per heavy atom. The Morgan fingerprint density at radius 3 is 2.71 bits per heavy atom. The van der Waals surface area contributed by atoms with E-state index in [0.29, 0.717) is 0 Å². The number of halogens is 1. The molecule has 0 aromatic carbocycles. The standard InChI is InChI=1S/C10H11ClN4O2/c1-6-7(4-12-14(6)2)5-15-9(16)3-8(11)13-10(15)17/h3-4H,5H2,1-2H3,(H,13,17). The highest BCUT2D eigenvalue weighted by Gasteiger charge is 2.08. The van der Waals surface area contributed by atoms with Crippen LogP contribution in [0.15, 0.2) is 21.9 Å². The predicted octanol–water partition coefficient (Wildman–Crippen LogP) is 0.280. The maximum absolute atomic E-state index is 11.6. The number of aryl methyl sites for hydroxylation is 1. The van der Waals surface area contributed by atoms with Crippen molar-refractivity contribution in [2.24, 2.45) is 7.05 Å². The highest BCUT2D eigenvalue weighted by molar-refractivity contribution is 6.29. The molecule has 0 saturated carbocycles. The Hall–Kier alpha value is -1.82. The third-order valence-electron chi connectivity index (χ3n) is 2.65. The molecule has 0 unspecified atom stereocenters. The first-order chi connectivity index (χ1) is 7.99. The summed E-state index contributed by atoms with van der Waals surface area (Å²) in [5.74, 6) is 0. The van der Waals surface area contributed by atoms with E-state index in [1.165, 1.54) is 6.07 Å². The zero-order valence-electron chi connectivity index (χ0n) is 9.40. The molecular formula is C10H11ClN4O2. The molecule has 0 saturated heterocycles. The normalized spacial score (nSPS) is 10.8. The van der Waals surface area contributed by atoms with Crippen LogP contribution >= 0.6 is 11.6 Å². The molecule has 0 bridgehead atoms. The van der Waals surface area contributed by atoms with Crippen molar-refractivity contribution in [2.75, 3.05) is 0 Å². The minimum atomic E-state index is -0.522. The zero-order valence-corrected chi connectivity index (χ0v) is 10.2. The predicted molar refractivity (Wildman–Crippen MR) is 63.4 cm³/mol. The highest BCUT2D eigenvalue weighted by atomic mass is 35.5. The Bertz CT molecular complexity index is 636. The van der Waals surface area contributed by atoms with E-state index in [4.69, 9.17) is 11.6 Å². The van der Waals surface area contributed by atoms with Gasteiger partial charge in [-0.05, 0) is 6.92 Å². The molecular weight excluding hydrogens is 244 g/mol. The summed E-state index contributed by atoms with van der Waals surface area (Å²) >= 11 is 5.58. The number of H-pyrrole nitrogens is 1. The summed E-state index contributed by atoms with van der Waals surface area (Å²) in [5, 5.41) is 4.09. The molecule has 0 spiro atoms. The van der Waals surface area contributed by atoms with Crippen LogP contribution < -0.4 is 11.2 Å². The lowest BCUT2D eigenvalue weighted by atomic mass is 10.2. The van der Waals surface area contributed by atoms with Crippen LogP contribution in [-0.2, 0) is 13.6 Å². The monoisotopic (exact) mass is 254 g/mol. The van der Waals surface area contributed by atoms with Crippen LogP contribution in [-0.4, -0.2) is 19.3 Å². The Morgan fingerprint density at radius 2 is 2.18 bits per heavy atom. The molecule has 2 aromatic heterocycles. The fraction of sp³-hybridized carbons (Fsp3) is 0.300. The fourth-order valence-corrected chi connectivity index (χ4v) is 1.69. The third-order valence-corrected chi connectivity index (χ3v) is 2.86. The number of aromatic amines is 1. The van der Waals surface area contributed by atoms with Crippen molar-refractivity contribution in [1.29, 1.82) is 0 Å². The summed E-state index contributed by atoms with van der Waals surface area (Å²) in [5.41, 5.74) is 0.779. The first-order valence-corrected chi connectivity index (χ1v) is 5.34. The van der Waals surface area contributed by atoms with Gasteiger partial charge >= 0.3 is 5.69 Å². The summed E-state index contributed by atoms with van der Waals surface area (Å²) in [4.78, 5) is 25.6. The van der Waals surface area contributed by atoms with Gasteiger partial charge in [0.1, 0.15) is 5.15 Å². The molecule has 2 heterocycles. The topological polar surface area (TPSA) is 72.7 Å². The van der Waals surface area contributed by atoms with Crippen LogP contribution in [0, 0.1) is 6.92 Å². The first-order valence-electron chi connectivity index (χ1n) is 4.96. The molecule has 0 aliphatic rings. The Kier molecular flexibility index (Phi) is 2.89. The Labute approximate surface area is 101 Å². The average molecular weight is 255 g/mol. The van der Waals surface area contributed by atoms with E-state index in [0.717, 1.165) is 15.8 Å². The van der Waals surface area contributed by atoms with E-state index < -0.39 is 11.2 Å². The van der Waals surface area contributed by atoms with Crippen molar-refractivity contribution in [3.05, 3.63) is 49.5 Å². The van der Waals surface area contributed by atoms with Crippen LogP contribution in [0.1, 0.15) is 11.3 Å². The average Bonchev–Trinajstić information content (AvgIpc) is 2.54. The molecule has 7 heteroatoms. The fourth-order valence-electron chi connectivity index (χ4n) is 1.51. The van der Waals surface area contributed by atoms with Gasteiger partial charge in [-0.25, -0.2) is 4.79 Å². The van der Waals surface area contributed by atoms with Crippen LogP contribution in [0.2, 0.25) is 5.15 Å². The van der Waals surface area contributed by atoms with Crippen molar-refractivity contribution in [3.8, 4) is 0 Å². The van der Waals surface area contributed by atoms with Crippen LogP contribution in [0.4, 0.5) is 0 Å². The van der Waals surface area contributed by atoms with Gasteiger partial charge in [-0.2, -0.15) is 5.10 Å². The van der Waals surface area contributed by atoms with E-state index in [1.54, 1.807) is 17.9 Å². The first kappa shape index (κ1) is 11.7. The second-order valence-corrected chi connectivity index (χ2v) is 4.13. The van der Waals surface area contributed by atoms with Gasteiger partial charge < -0.3 is 0 Å². The molecule has 0 fully saturated rings. The number of nitrogens with one attached hydrogen (secondary N) is 1. The smallest absolute Gasteiger partial charge is 0.298 e. The lowest BCUT2D eigenvalue weighted by Gasteiger charge is -2.03. The maximum Gasteiger partial charge on any atom is 0.329 e. The molecule has 90 valence electrons. The summed E-state index contributed by atoms with van der Waals surface area (Å²) in [6, 6.07) is 1.18. The van der Waals surface area contributed by atoms with Gasteiger partial charge in [0, 0.05) is 24.4 Å². The number of hydrogen-bond donors (Lipinski definition) is 1. The maximum atomic E-state index is 11.6. The molecule has 2 rings (SSSR count). The van der Waals surface area contributed by atoms with Gasteiger partial charge in [0.15, 0.2) is 0 Å². The van der Waals surface area contributed by atoms with E-state index in [-0.39, 0.29) is 11.7 Å². The molecule has 0 atom stereocenters. The SMILES string of the molecule is Cc1c(Cn2c(=O)cc(Cl)[nH]c2=O)cnn1C. The number of hydrogen-bond acceptors (Lipinski definition) is 3. The van der Waals surface area contributed by atoms with Crippen molar-refractivity contribution >= 4 is 11.6 Å². The molecule has 1 N–H and O–H groups in total. The van der Waals surface area contributed by atoms with Crippen molar-refractivity contribution in [1.82, 2.24) is 19.3 Å². The molecule has 0 radical (unpaired) electrons. The van der Waals surface area contributed by atoms with E-state index >= 15 is 0 Å². The number of rotatable bonds is 2. The largest absolute Gasteiger partial charge is 0.329 e. The second-order valence-electron chi connectivity index (χ2n) is 3.73. The summed E-state index contributed by atoms with van der Waals surface area (Å²) < 4.78 is 2.76. The van der Waals surface area contributed by atoms with Crippen molar-refractivity contribution in [3.63, 3.8) is 0 Å². The highest BCUT2D eigenvalue weighted by Crippen LogP contribution is 2.05. The quantitative estimate of drug-likeness (QED) is 0.783. The lowest BCUT2D eigenvalue weighted by Crippen LogP contribution is -2.34. The van der Waals surface area contributed by atoms with Crippen molar-refractivity contribution in [2.45, 2.75) is 13.5 Å². The van der Waals surface area contributed by atoms with Crippen LogP contribution in [0.5, 0.6) is 0 Å². The zero-order chi connectivity index (χ0) is 12.6. The van der Waals surface area contributed by atoms with Gasteiger partial charge in [-0.15, -0.1) is 0 Å². The Balaban J connectivity index is 2.47. The number of aromatic nitrogens is 4. The lowest BCUT2D eigenvalue weighted by molar-refractivity contribution is 0.689. The minimum Gasteiger partial charge on any atom is -0.298 e. The van der Waals surface area contributed by atoms with E-state index in [1.807, 2.05) is 6.92 Å². The van der Waals surface area contributed by atoms with Gasteiger partial charge in [-0.3, -0.25) is 19.0 Å². The van der Waals surface area contributed by atoms with Gasteiger partial charge in [0.25, 0.3) is 5.56 Å². The van der Waals surface area contributed by atoms with Gasteiger partial charge in [-0.1, -0.05) is 11.6 Å². The van der Waals surface area contributed by atoms with Crippen LogP contribution in [0.3, 0.4) is 0 Å². The molecule has 0 aliphatic carbocycles. The third kappa shape index (κ3) is 2.16. The summed E-state index contributed by atoms with van der Waals surface area (Å²) in [6.45, 7) is 2.06. The second kappa shape index (κ2) is 4.21. The minimum absolute atomic E-state index is 0.0409. The van der Waals surface area contributed by atoms with E-state index in [9.17, 15) is 9.59 Å². The number of nitrogens with zero attached hydrogens (tertiary/aromatic N) is 3.